The second-order valence-electron chi connectivity index (χ2n) is 4.00. The number of nitrogens with zero attached hydrogens (tertiary/aromatic N) is 1. The van der Waals surface area contributed by atoms with Crippen molar-refractivity contribution in [2.75, 3.05) is 0 Å². The molecule has 0 fully saturated rings. The SMILES string of the molecule is C[C@]1(C(=O)O)CC(c2cc(F)cc(F)c2)=NO1. The summed E-state index contributed by atoms with van der Waals surface area (Å²) in [5.41, 5.74) is -1.07. The Labute approximate surface area is 95.5 Å². The molecule has 4 nitrogen and oxygen atoms in total. The van der Waals surface area contributed by atoms with E-state index in [0.717, 1.165) is 18.2 Å². The van der Waals surface area contributed by atoms with E-state index in [1.165, 1.54) is 6.92 Å². The average molecular weight is 241 g/mol. The van der Waals surface area contributed by atoms with Crippen molar-refractivity contribution < 1.29 is 23.5 Å². The van der Waals surface area contributed by atoms with Crippen LogP contribution < -0.4 is 0 Å². The molecule has 0 aromatic heterocycles. The third-order valence-corrected chi connectivity index (χ3v) is 2.51. The minimum absolute atomic E-state index is 0.0365. The highest BCUT2D eigenvalue weighted by Crippen LogP contribution is 2.27. The predicted molar refractivity (Wildman–Crippen MR) is 54.6 cm³/mol. The van der Waals surface area contributed by atoms with E-state index in [0.29, 0.717) is 0 Å². The minimum Gasteiger partial charge on any atom is -0.478 e. The van der Waals surface area contributed by atoms with Crippen molar-refractivity contribution in [2.45, 2.75) is 18.9 Å². The van der Waals surface area contributed by atoms with E-state index in [9.17, 15) is 13.6 Å². The molecule has 1 aliphatic heterocycles. The molecule has 1 heterocycles. The van der Waals surface area contributed by atoms with Gasteiger partial charge in [-0.1, -0.05) is 5.16 Å². The summed E-state index contributed by atoms with van der Waals surface area (Å²) in [5, 5.41) is 12.5. The summed E-state index contributed by atoms with van der Waals surface area (Å²) in [5.74, 6) is -2.66. The highest BCUT2D eigenvalue weighted by Gasteiger charge is 2.42. The molecule has 1 N–H and O–H groups in total. The maximum Gasteiger partial charge on any atom is 0.351 e. The van der Waals surface area contributed by atoms with Crippen molar-refractivity contribution in [3.8, 4) is 0 Å². The monoisotopic (exact) mass is 241 g/mol. The first-order valence-electron chi connectivity index (χ1n) is 4.86. The molecule has 0 bridgehead atoms. The summed E-state index contributed by atoms with van der Waals surface area (Å²) < 4.78 is 26.0. The van der Waals surface area contributed by atoms with E-state index in [1.54, 1.807) is 0 Å². The van der Waals surface area contributed by atoms with Gasteiger partial charge in [-0.15, -0.1) is 0 Å². The van der Waals surface area contributed by atoms with E-state index in [2.05, 4.69) is 5.16 Å². The average Bonchev–Trinajstić information content (AvgIpc) is 2.61. The summed E-state index contributed by atoms with van der Waals surface area (Å²) in [6.07, 6.45) is -0.0365. The molecule has 0 radical (unpaired) electrons. The van der Waals surface area contributed by atoms with Crippen molar-refractivity contribution >= 4 is 11.7 Å². The number of carboxylic acid groups (broad SMARTS) is 1. The van der Waals surface area contributed by atoms with E-state index >= 15 is 0 Å². The lowest BCUT2D eigenvalue weighted by Crippen LogP contribution is -2.35. The lowest BCUT2D eigenvalue weighted by molar-refractivity contribution is -0.160. The van der Waals surface area contributed by atoms with E-state index in [4.69, 9.17) is 9.94 Å². The summed E-state index contributed by atoms with van der Waals surface area (Å²) in [6.45, 7) is 1.35. The highest BCUT2D eigenvalue weighted by atomic mass is 19.1. The fourth-order valence-corrected chi connectivity index (χ4v) is 1.53. The van der Waals surface area contributed by atoms with Gasteiger partial charge >= 0.3 is 5.97 Å². The topological polar surface area (TPSA) is 58.9 Å². The summed E-state index contributed by atoms with van der Waals surface area (Å²) in [6, 6.07) is 2.90. The van der Waals surface area contributed by atoms with Crippen molar-refractivity contribution in [3.63, 3.8) is 0 Å². The first-order valence-corrected chi connectivity index (χ1v) is 4.86. The molecular formula is C11H9F2NO3. The molecule has 6 heteroatoms. The first kappa shape index (κ1) is 11.5. The lowest BCUT2D eigenvalue weighted by atomic mass is 9.96. The predicted octanol–water partition coefficient (Wildman–Crippen LogP) is 1.93. The largest absolute Gasteiger partial charge is 0.478 e. The minimum atomic E-state index is -1.47. The van der Waals surface area contributed by atoms with Crippen molar-refractivity contribution in [1.29, 1.82) is 0 Å². The third kappa shape index (κ3) is 2.11. The molecule has 0 saturated carbocycles. The Kier molecular flexibility index (Phi) is 2.57. The van der Waals surface area contributed by atoms with E-state index < -0.39 is 23.2 Å². The number of hydrogen-bond donors (Lipinski definition) is 1. The zero-order chi connectivity index (χ0) is 12.6. The van der Waals surface area contributed by atoms with Gasteiger partial charge in [-0.25, -0.2) is 13.6 Å². The Balaban J connectivity index is 2.29. The van der Waals surface area contributed by atoms with Gasteiger partial charge in [0.2, 0.25) is 5.60 Å². The van der Waals surface area contributed by atoms with Crippen LogP contribution in [0.5, 0.6) is 0 Å². The molecule has 0 unspecified atom stereocenters. The van der Waals surface area contributed by atoms with Gasteiger partial charge in [0.25, 0.3) is 0 Å². The third-order valence-electron chi connectivity index (χ3n) is 2.51. The van der Waals surface area contributed by atoms with Crippen molar-refractivity contribution in [2.24, 2.45) is 5.16 Å². The Morgan fingerprint density at radius 2 is 2.00 bits per heavy atom. The molecule has 2 rings (SSSR count). The number of halogens is 2. The quantitative estimate of drug-likeness (QED) is 0.860. The van der Waals surface area contributed by atoms with Crippen LogP contribution in [0.2, 0.25) is 0 Å². The number of carboxylic acids is 1. The Morgan fingerprint density at radius 3 is 2.47 bits per heavy atom. The van der Waals surface area contributed by atoms with Gasteiger partial charge < -0.3 is 9.94 Å². The molecule has 1 atom stereocenters. The smallest absolute Gasteiger partial charge is 0.351 e. The van der Waals surface area contributed by atoms with Crippen LogP contribution in [0.1, 0.15) is 18.9 Å². The summed E-state index contributed by atoms with van der Waals surface area (Å²) in [7, 11) is 0. The molecule has 1 aromatic carbocycles. The van der Waals surface area contributed by atoms with Crippen LogP contribution >= 0.6 is 0 Å². The highest BCUT2D eigenvalue weighted by molar-refractivity contribution is 6.04. The standard InChI is InChI=1S/C11H9F2NO3/c1-11(10(15)16)5-9(14-17-11)6-2-7(12)4-8(13)3-6/h2-4H,5H2,1H3,(H,15,16)/t11-/m1/s1. The molecule has 1 aliphatic rings. The second kappa shape index (κ2) is 3.80. The van der Waals surface area contributed by atoms with E-state index in [-0.39, 0.29) is 17.7 Å². The summed E-state index contributed by atoms with van der Waals surface area (Å²) in [4.78, 5) is 15.7. The fraction of sp³-hybridized carbons (Fsp3) is 0.273. The van der Waals surface area contributed by atoms with Gasteiger partial charge in [-0.2, -0.15) is 0 Å². The maximum atomic E-state index is 13.0. The van der Waals surface area contributed by atoms with Crippen LogP contribution in [0.25, 0.3) is 0 Å². The molecule has 0 aliphatic carbocycles. The molecule has 0 amide bonds. The Morgan fingerprint density at radius 1 is 1.41 bits per heavy atom. The number of benzene rings is 1. The van der Waals surface area contributed by atoms with Crippen molar-refractivity contribution in [1.82, 2.24) is 0 Å². The molecule has 0 saturated heterocycles. The zero-order valence-corrected chi connectivity index (χ0v) is 8.91. The normalized spacial score (nSPS) is 23.1. The molecule has 90 valence electrons. The Bertz CT molecular complexity index is 495. The van der Waals surface area contributed by atoms with Crippen LogP contribution in [0.15, 0.2) is 23.4 Å². The van der Waals surface area contributed by atoms with Gasteiger partial charge in [0, 0.05) is 18.1 Å². The second-order valence-corrected chi connectivity index (χ2v) is 4.00. The van der Waals surface area contributed by atoms with Gasteiger partial charge in [-0.05, 0) is 19.1 Å². The molecule has 17 heavy (non-hydrogen) atoms. The van der Waals surface area contributed by atoms with E-state index in [1.807, 2.05) is 0 Å². The van der Waals surface area contributed by atoms with Crippen LogP contribution in [-0.2, 0) is 9.63 Å². The van der Waals surface area contributed by atoms with Crippen LogP contribution in [0.3, 0.4) is 0 Å². The van der Waals surface area contributed by atoms with Crippen LogP contribution in [-0.4, -0.2) is 22.4 Å². The van der Waals surface area contributed by atoms with Crippen LogP contribution in [0.4, 0.5) is 8.78 Å². The fourth-order valence-electron chi connectivity index (χ4n) is 1.53. The summed E-state index contributed by atoms with van der Waals surface area (Å²) >= 11 is 0. The number of aliphatic carboxylic acids is 1. The molecular weight excluding hydrogens is 232 g/mol. The lowest BCUT2D eigenvalue weighted by Gasteiger charge is -2.14. The van der Waals surface area contributed by atoms with Gasteiger partial charge in [0.05, 0.1) is 5.71 Å². The van der Waals surface area contributed by atoms with Crippen molar-refractivity contribution in [3.05, 3.63) is 35.4 Å². The van der Waals surface area contributed by atoms with Gasteiger partial charge in [-0.3, -0.25) is 0 Å². The number of rotatable bonds is 2. The zero-order valence-electron chi connectivity index (χ0n) is 8.91. The van der Waals surface area contributed by atoms with Gasteiger partial charge in [0.1, 0.15) is 11.6 Å². The maximum absolute atomic E-state index is 13.0. The first-order chi connectivity index (χ1) is 7.90. The number of carbonyl (C=O) groups is 1. The Hall–Kier alpha value is -1.98. The van der Waals surface area contributed by atoms with Gasteiger partial charge in [0.15, 0.2) is 0 Å². The number of oxime groups is 1. The molecule has 0 spiro atoms. The number of hydrogen-bond acceptors (Lipinski definition) is 3. The molecule has 1 aromatic rings. The van der Waals surface area contributed by atoms with Crippen LogP contribution in [0, 0.1) is 11.6 Å².